The van der Waals surface area contributed by atoms with Gasteiger partial charge in [-0.2, -0.15) is 0 Å². The Morgan fingerprint density at radius 3 is 2.55 bits per heavy atom. The predicted octanol–water partition coefficient (Wildman–Crippen LogP) is 1.95. The van der Waals surface area contributed by atoms with E-state index in [1.165, 1.54) is 24.5 Å². The number of benzene rings is 2. The van der Waals surface area contributed by atoms with Crippen LogP contribution < -0.4 is 10.2 Å². The third kappa shape index (κ3) is 4.33. The summed E-state index contributed by atoms with van der Waals surface area (Å²) >= 11 is 0. The molecule has 154 valence electrons. The Balaban J connectivity index is 1.63. The second-order valence-electron chi connectivity index (χ2n) is 7.19. The van der Waals surface area contributed by atoms with Crippen LogP contribution in [0.3, 0.4) is 0 Å². The normalized spacial score (nSPS) is 13.4. The lowest BCUT2D eigenvalue weighted by Gasteiger charge is -2.18. The van der Waals surface area contributed by atoms with Crippen LogP contribution in [-0.2, 0) is 21.2 Å². The van der Waals surface area contributed by atoms with Crippen LogP contribution in [0.1, 0.15) is 27.9 Å². The molecular formula is C21H25N3O4S. The molecule has 0 atom stereocenters. The van der Waals surface area contributed by atoms with Crippen molar-refractivity contribution in [1.82, 2.24) is 9.62 Å². The van der Waals surface area contributed by atoms with Crippen LogP contribution >= 0.6 is 0 Å². The number of fused-ring (bicyclic) bond motifs is 1. The van der Waals surface area contributed by atoms with E-state index in [9.17, 15) is 18.0 Å². The van der Waals surface area contributed by atoms with Crippen LogP contribution in [0.4, 0.5) is 5.69 Å². The van der Waals surface area contributed by atoms with Crippen molar-refractivity contribution in [2.45, 2.75) is 24.7 Å². The maximum absolute atomic E-state index is 12.6. The molecule has 0 aliphatic carbocycles. The number of amides is 2. The van der Waals surface area contributed by atoms with E-state index >= 15 is 0 Å². The number of sulfonamides is 1. The summed E-state index contributed by atoms with van der Waals surface area (Å²) in [6, 6.07) is 12.1. The number of carbonyl (C=O) groups is 2. The Morgan fingerprint density at radius 1 is 1.14 bits per heavy atom. The van der Waals surface area contributed by atoms with Gasteiger partial charge in [0.25, 0.3) is 5.91 Å². The average Bonchev–Trinajstić information content (AvgIpc) is 3.11. The smallest absolute Gasteiger partial charge is 0.251 e. The number of aryl methyl sites for hydroxylation is 1. The van der Waals surface area contributed by atoms with Gasteiger partial charge in [-0.25, -0.2) is 12.7 Å². The van der Waals surface area contributed by atoms with Crippen LogP contribution in [0.5, 0.6) is 0 Å². The predicted molar refractivity (Wildman–Crippen MR) is 112 cm³/mol. The molecule has 1 heterocycles. The molecule has 8 heteroatoms. The van der Waals surface area contributed by atoms with Crippen LogP contribution in [0.25, 0.3) is 0 Å². The van der Waals surface area contributed by atoms with Crippen LogP contribution in [0.15, 0.2) is 47.4 Å². The number of rotatable bonds is 6. The molecule has 1 aliphatic heterocycles. The third-order valence-corrected chi connectivity index (χ3v) is 6.85. The van der Waals surface area contributed by atoms with Gasteiger partial charge in [-0.05, 0) is 48.7 Å². The molecule has 2 aromatic carbocycles. The Kier molecular flexibility index (Phi) is 6.04. The molecular weight excluding hydrogens is 390 g/mol. The van der Waals surface area contributed by atoms with E-state index < -0.39 is 10.0 Å². The monoisotopic (exact) mass is 415 g/mol. The molecule has 1 aliphatic rings. The summed E-state index contributed by atoms with van der Waals surface area (Å²) < 4.78 is 25.8. The SMILES string of the molecule is Cc1ccccc1C(=O)NCCC(=O)N1CCc2cc(S(=O)(=O)N(C)C)ccc21. The fraction of sp³-hybridized carbons (Fsp3) is 0.333. The number of hydrogen-bond donors (Lipinski definition) is 1. The largest absolute Gasteiger partial charge is 0.352 e. The molecule has 0 aromatic heterocycles. The van der Waals surface area contributed by atoms with Crippen molar-refractivity contribution >= 4 is 27.5 Å². The highest BCUT2D eigenvalue weighted by Crippen LogP contribution is 2.31. The van der Waals surface area contributed by atoms with Crippen molar-refractivity contribution in [3.63, 3.8) is 0 Å². The standard InChI is InChI=1S/C21H25N3O4S/c1-15-6-4-5-7-18(15)21(26)22-12-10-20(25)24-13-11-16-14-17(8-9-19(16)24)29(27,28)23(2)3/h4-9,14H,10-13H2,1-3H3,(H,22,26). The number of anilines is 1. The molecule has 0 radical (unpaired) electrons. The first-order valence-corrected chi connectivity index (χ1v) is 10.9. The first kappa shape index (κ1) is 21.0. The fourth-order valence-electron chi connectivity index (χ4n) is 3.35. The number of nitrogens with one attached hydrogen (secondary N) is 1. The molecule has 2 aromatic rings. The molecule has 0 spiro atoms. The zero-order chi connectivity index (χ0) is 21.2. The summed E-state index contributed by atoms with van der Waals surface area (Å²) in [4.78, 5) is 26.8. The zero-order valence-electron chi connectivity index (χ0n) is 16.8. The topological polar surface area (TPSA) is 86.8 Å². The van der Waals surface area contributed by atoms with Gasteiger partial charge in [-0.1, -0.05) is 18.2 Å². The lowest BCUT2D eigenvalue weighted by molar-refractivity contribution is -0.118. The van der Waals surface area contributed by atoms with E-state index in [0.29, 0.717) is 18.5 Å². The summed E-state index contributed by atoms with van der Waals surface area (Å²) in [7, 11) is -0.528. The van der Waals surface area contributed by atoms with Crippen LogP contribution in [0.2, 0.25) is 0 Å². The van der Waals surface area contributed by atoms with Gasteiger partial charge in [0.1, 0.15) is 0 Å². The maximum Gasteiger partial charge on any atom is 0.251 e. The minimum Gasteiger partial charge on any atom is -0.352 e. The van der Waals surface area contributed by atoms with E-state index in [1.54, 1.807) is 29.2 Å². The Hall–Kier alpha value is -2.71. The summed E-state index contributed by atoms with van der Waals surface area (Å²) in [5.41, 5.74) is 3.05. The number of hydrogen-bond acceptors (Lipinski definition) is 4. The zero-order valence-corrected chi connectivity index (χ0v) is 17.6. The Morgan fingerprint density at radius 2 is 1.86 bits per heavy atom. The lowest BCUT2D eigenvalue weighted by Crippen LogP contribution is -2.33. The summed E-state index contributed by atoms with van der Waals surface area (Å²) in [6.45, 7) is 2.61. The summed E-state index contributed by atoms with van der Waals surface area (Å²) in [5.74, 6) is -0.298. The van der Waals surface area contributed by atoms with Gasteiger partial charge in [0.2, 0.25) is 15.9 Å². The first-order valence-electron chi connectivity index (χ1n) is 9.41. The highest BCUT2D eigenvalue weighted by molar-refractivity contribution is 7.89. The van der Waals surface area contributed by atoms with Crippen molar-refractivity contribution in [2.24, 2.45) is 0 Å². The molecule has 3 rings (SSSR count). The molecule has 0 unspecified atom stereocenters. The summed E-state index contributed by atoms with van der Waals surface area (Å²) in [6.07, 6.45) is 0.780. The van der Waals surface area contributed by atoms with Gasteiger partial charge in [0, 0.05) is 44.9 Å². The van der Waals surface area contributed by atoms with Gasteiger partial charge >= 0.3 is 0 Å². The molecule has 0 saturated heterocycles. The third-order valence-electron chi connectivity index (χ3n) is 5.04. The quantitative estimate of drug-likeness (QED) is 0.781. The van der Waals surface area contributed by atoms with Crippen LogP contribution in [-0.4, -0.2) is 51.7 Å². The Labute approximate surface area is 171 Å². The van der Waals surface area contributed by atoms with Crippen LogP contribution in [0, 0.1) is 6.92 Å². The number of carbonyl (C=O) groups excluding carboxylic acids is 2. The van der Waals surface area contributed by atoms with E-state index in [-0.39, 0.29) is 29.7 Å². The van der Waals surface area contributed by atoms with Gasteiger partial charge in [0.05, 0.1) is 4.90 Å². The van der Waals surface area contributed by atoms with Crippen molar-refractivity contribution in [1.29, 1.82) is 0 Å². The first-order chi connectivity index (χ1) is 13.7. The maximum atomic E-state index is 12.6. The second-order valence-corrected chi connectivity index (χ2v) is 9.35. The van der Waals surface area contributed by atoms with Crippen molar-refractivity contribution in [2.75, 3.05) is 32.1 Å². The van der Waals surface area contributed by atoms with Crippen molar-refractivity contribution in [3.8, 4) is 0 Å². The minimum absolute atomic E-state index is 0.1000. The van der Waals surface area contributed by atoms with Crippen molar-refractivity contribution < 1.29 is 18.0 Å². The van der Waals surface area contributed by atoms with Gasteiger partial charge in [-0.15, -0.1) is 0 Å². The Bertz CT molecular complexity index is 1050. The minimum atomic E-state index is -3.51. The molecule has 2 amide bonds. The second kappa shape index (κ2) is 8.34. The molecule has 1 N–H and O–H groups in total. The molecule has 7 nitrogen and oxygen atoms in total. The van der Waals surface area contributed by atoms with Gasteiger partial charge in [0.15, 0.2) is 0 Å². The van der Waals surface area contributed by atoms with Gasteiger partial charge < -0.3 is 10.2 Å². The fourth-order valence-corrected chi connectivity index (χ4v) is 4.30. The van der Waals surface area contributed by atoms with Gasteiger partial charge in [-0.3, -0.25) is 9.59 Å². The molecule has 0 fully saturated rings. The number of nitrogens with zero attached hydrogens (tertiary/aromatic N) is 2. The van der Waals surface area contributed by atoms with E-state index in [4.69, 9.17) is 0 Å². The average molecular weight is 416 g/mol. The lowest BCUT2D eigenvalue weighted by atomic mass is 10.1. The molecule has 0 saturated carbocycles. The highest BCUT2D eigenvalue weighted by atomic mass is 32.2. The van der Waals surface area contributed by atoms with Crippen molar-refractivity contribution in [3.05, 3.63) is 59.2 Å². The van der Waals surface area contributed by atoms with E-state index in [2.05, 4.69) is 5.32 Å². The van der Waals surface area contributed by atoms with E-state index in [1.807, 2.05) is 19.1 Å². The summed E-state index contributed by atoms with van der Waals surface area (Å²) in [5, 5.41) is 2.79. The highest BCUT2D eigenvalue weighted by Gasteiger charge is 2.27. The molecule has 29 heavy (non-hydrogen) atoms. The van der Waals surface area contributed by atoms with E-state index in [0.717, 1.165) is 16.8 Å². The molecule has 0 bridgehead atoms.